The Hall–Kier alpha value is -3.76. The lowest BCUT2D eigenvalue weighted by atomic mass is 9.83. The van der Waals surface area contributed by atoms with Crippen molar-refractivity contribution in [3.63, 3.8) is 0 Å². The van der Waals surface area contributed by atoms with Crippen LogP contribution in [0.5, 0.6) is 5.75 Å². The van der Waals surface area contributed by atoms with Crippen LogP contribution in [0.4, 0.5) is 17.6 Å². The first-order valence-corrected chi connectivity index (χ1v) is 13.8. The summed E-state index contributed by atoms with van der Waals surface area (Å²) in [7, 11) is 0. The number of alkyl halides is 3. The fourth-order valence-corrected chi connectivity index (χ4v) is 5.23. The second kappa shape index (κ2) is 11.6. The van der Waals surface area contributed by atoms with Crippen LogP contribution in [0.1, 0.15) is 61.6 Å². The van der Waals surface area contributed by atoms with E-state index in [9.17, 15) is 31.9 Å². The zero-order chi connectivity index (χ0) is 29.3. The third kappa shape index (κ3) is 7.31. The summed E-state index contributed by atoms with van der Waals surface area (Å²) in [5.74, 6) is -4.73. The minimum absolute atomic E-state index is 0.0245. The van der Waals surface area contributed by atoms with Crippen LogP contribution in [-0.2, 0) is 20.8 Å². The van der Waals surface area contributed by atoms with Crippen LogP contribution in [0, 0.1) is 23.6 Å². The highest BCUT2D eigenvalue weighted by Gasteiger charge is 2.41. The fraction of sp³-hybridized carbons (Fsp3) is 0.467. The highest BCUT2D eigenvalue weighted by molar-refractivity contribution is 6.16. The van der Waals surface area contributed by atoms with Gasteiger partial charge < -0.3 is 15.8 Å². The van der Waals surface area contributed by atoms with E-state index < -0.39 is 60.4 Å². The van der Waals surface area contributed by atoms with Crippen LogP contribution >= 0.6 is 0 Å². The van der Waals surface area contributed by atoms with Gasteiger partial charge in [-0.2, -0.15) is 13.2 Å². The largest absolute Gasteiger partial charge is 0.490 e. The summed E-state index contributed by atoms with van der Waals surface area (Å²) in [4.78, 5) is 43.9. The second-order valence-corrected chi connectivity index (χ2v) is 11.1. The molecule has 2 amide bonds. The Morgan fingerprint density at radius 3 is 2.44 bits per heavy atom. The maximum Gasteiger partial charge on any atom is 0.389 e. The number of aliphatic imine (C=N–C) groups is 1. The summed E-state index contributed by atoms with van der Waals surface area (Å²) in [6.07, 6.45) is -4.56. The quantitative estimate of drug-likeness (QED) is 0.382. The number of carbonyl (C=O) groups excluding carboxylic acids is 3. The maximum atomic E-state index is 14.3. The Bertz CT molecular complexity index is 1370. The van der Waals surface area contributed by atoms with Crippen LogP contribution in [0.2, 0.25) is 0 Å². The number of nitrogens with one attached hydrogen (secondary N) is 1. The van der Waals surface area contributed by atoms with E-state index >= 15 is 0 Å². The van der Waals surface area contributed by atoms with E-state index in [1.165, 1.54) is 18.2 Å². The highest BCUT2D eigenvalue weighted by atomic mass is 19.4. The first-order valence-electron chi connectivity index (χ1n) is 13.8. The average molecular weight is 574 g/mol. The van der Waals surface area contributed by atoms with Crippen molar-refractivity contribution in [2.75, 3.05) is 0 Å². The molecule has 218 valence electrons. The molecule has 2 fully saturated rings. The molecule has 2 aliphatic carbocycles. The Kier molecular flexibility index (Phi) is 8.15. The number of nitrogens with two attached hydrogens (primary N) is 1. The van der Waals surface area contributed by atoms with Crippen LogP contribution in [0.25, 0.3) is 0 Å². The molecule has 1 heterocycles. The second-order valence-electron chi connectivity index (χ2n) is 11.1. The third-order valence-electron chi connectivity index (χ3n) is 7.71. The van der Waals surface area contributed by atoms with Gasteiger partial charge >= 0.3 is 6.18 Å². The molecule has 2 saturated carbocycles. The van der Waals surface area contributed by atoms with E-state index in [0.29, 0.717) is 22.4 Å². The van der Waals surface area contributed by atoms with Crippen molar-refractivity contribution in [3.8, 4) is 5.75 Å². The van der Waals surface area contributed by atoms with E-state index in [2.05, 4.69) is 10.3 Å². The lowest BCUT2D eigenvalue weighted by Crippen LogP contribution is -2.47. The monoisotopic (exact) mass is 573 g/mol. The number of rotatable bonds is 11. The summed E-state index contributed by atoms with van der Waals surface area (Å²) in [5, 5.41) is 2.51. The smallest absolute Gasteiger partial charge is 0.389 e. The number of halogens is 4. The standard InChI is InChI=1S/C30H31F4N3O4/c31-18-4-1-3-17(14-18)26-20-5-2-6-25(41-19-9-10-19)22(20)15-24(38)28(36-26)37-29(40)21(11-12-30(32,33)34)23(27(35)39)13-16-7-8-16/h1-6,14,16,19,21,23,28H,7-13,15H2,(H2,35,39)(H,37,40)/t21-,23+,28-/m1/s1. The molecular formula is C30H31F4N3O4. The minimum atomic E-state index is -4.55. The number of nitrogens with zero attached hydrogens (tertiary/aromatic N) is 1. The highest BCUT2D eigenvalue weighted by Crippen LogP contribution is 2.39. The van der Waals surface area contributed by atoms with Gasteiger partial charge in [-0.15, -0.1) is 0 Å². The lowest BCUT2D eigenvalue weighted by molar-refractivity contribution is -0.146. The molecule has 3 atom stereocenters. The molecule has 7 nitrogen and oxygen atoms in total. The van der Waals surface area contributed by atoms with Crippen molar-refractivity contribution < 1.29 is 36.7 Å². The molecule has 2 aromatic carbocycles. The van der Waals surface area contributed by atoms with E-state index in [1.54, 1.807) is 24.3 Å². The van der Waals surface area contributed by atoms with Crippen molar-refractivity contribution in [1.29, 1.82) is 0 Å². The summed E-state index contributed by atoms with van der Waals surface area (Å²) >= 11 is 0. The number of ketones is 1. The van der Waals surface area contributed by atoms with E-state index in [-0.39, 0.29) is 30.6 Å². The molecule has 3 N–H and O–H groups in total. The van der Waals surface area contributed by atoms with E-state index in [4.69, 9.17) is 10.5 Å². The van der Waals surface area contributed by atoms with Crippen molar-refractivity contribution in [1.82, 2.24) is 5.32 Å². The number of fused-ring (bicyclic) bond motifs is 1. The molecule has 0 saturated heterocycles. The zero-order valence-corrected chi connectivity index (χ0v) is 22.3. The number of hydrogen-bond donors (Lipinski definition) is 2. The zero-order valence-electron chi connectivity index (χ0n) is 22.3. The molecule has 3 aliphatic rings. The summed E-state index contributed by atoms with van der Waals surface area (Å²) < 4.78 is 59.8. The Labute approximate surface area is 234 Å². The molecule has 0 spiro atoms. The summed E-state index contributed by atoms with van der Waals surface area (Å²) in [6, 6.07) is 10.8. The Morgan fingerprint density at radius 2 is 1.80 bits per heavy atom. The molecule has 11 heteroatoms. The lowest BCUT2D eigenvalue weighted by Gasteiger charge is -2.26. The van der Waals surface area contributed by atoms with Gasteiger partial charge in [-0.25, -0.2) is 4.39 Å². The third-order valence-corrected chi connectivity index (χ3v) is 7.71. The van der Waals surface area contributed by atoms with E-state index in [0.717, 1.165) is 25.7 Å². The van der Waals surface area contributed by atoms with Crippen LogP contribution in [0.3, 0.4) is 0 Å². The van der Waals surface area contributed by atoms with Gasteiger partial charge in [0, 0.05) is 41.4 Å². The fourth-order valence-electron chi connectivity index (χ4n) is 5.23. The Balaban J connectivity index is 1.49. The normalized spacial score (nSPS) is 20.3. The molecule has 1 aliphatic heterocycles. The van der Waals surface area contributed by atoms with Crippen LogP contribution < -0.4 is 15.8 Å². The number of carbonyl (C=O) groups is 3. The molecule has 5 rings (SSSR count). The van der Waals surface area contributed by atoms with Crippen molar-refractivity contribution in [2.24, 2.45) is 28.5 Å². The first-order chi connectivity index (χ1) is 19.5. The minimum Gasteiger partial charge on any atom is -0.490 e. The predicted molar refractivity (Wildman–Crippen MR) is 142 cm³/mol. The molecule has 2 aromatic rings. The number of primary amides is 1. The van der Waals surface area contributed by atoms with Gasteiger partial charge in [0.15, 0.2) is 11.9 Å². The average Bonchev–Trinajstić information content (AvgIpc) is 3.82. The predicted octanol–water partition coefficient (Wildman–Crippen LogP) is 4.63. The van der Waals surface area contributed by atoms with Gasteiger partial charge in [0.1, 0.15) is 11.6 Å². The maximum absolute atomic E-state index is 14.3. The summed E-state index contributed by atoms with van der Waals surface area (Å²) in [6.45, 7) is 0. The molecule has 0 bridgehead atoms. The topological polar surface area (TPSA) is 111 Å². The molecule has 0 unspecified atom stereocenters. The van der Waals surface area contributed by atoms with Gasteiger partial charge in [0.05, 0.1) is 11.8 Å². The SMILES string of the molecule is NC(=O)[C@@H](CC1CC1)[C@@H](CCC(F)(F)F)C(=O)N[C@H]1N=C(c2cccc(F)c2)c2cccc(OC3CC3)c2CC1=O. The number of benzene rings is 2. The first kappa shape index (κ1) is 28.8. The van der Waals surface area contributed by atoms with Gasteiger partial charge in [0.2, 0.25) is 11.8 Å². The molecule has 0 aromatic heterocycles. The van der Waals surface area contributed by atoms with Crippen LogP contribution in [0.15, 0.2) is 47.5 Å². The Morgan fingerprint density at radius 1 is 1.07 bits per heavy atom. The molecular weight excluding hydrogens is 542 g/mol. The van der Waals surface area contributed by atoms with Crippen molar-refractivity contribution in [3.05, 3.63) is 65.0 Å². The number of hydrogen-bond acceptors (Lipinski definition) is 5. The van der Waals surface area contributed by atoms with Crippen LogP contribution in [-0.4, -0.2) is 41.8 Å². The number of amides is 2. The summed E-state index contributed by atoms with van der Waals surface area (Å²) in [5.41, 5.74) is 7.19. The van der Waals surface area contributed by atoms with Gasteiger partial charge in [0.25, 0.3) is 0 Å². The van der Waals surface area contributed by atoms with Gasteiger partial charge in [-0.05, 0) is 49.8 Å². The van der Waals surface area contributed by atoms with Crippen molar-refractivity contribution in [2.45, 2.75) is 69.8 Å². The number of ether oxygens (including phenoxy) is 1. The van der Waals surface area contributed by atoms with Crippen molar-refractivity contribution >= 4 is 23.3 Å². The molecule has 41 heavy (non-hydrogen) atoms. The van der Waals surface area contributed by atoms with Gasteiger partial charge in [-0.3, -0.25) is 19.4 Å². The van der Waals surface area contributed by atoms with E-state index in [1.807, 2.05) is 0 Å². The number of Topliss-reactive ketones (excluding diaryl/α,β-unsaturated/α-hetero) is 1. The van der Waals surface area contributed by atoms with Gasteiger partial charge in [-0.1, -0.05) is 37.1 Å². The molecule has 0 radical (unpaired) electrons.